The van der Waals surface area contributed by atoms with Crippen LogP contribution in [0.3, 0.4) is 0 Å². The van der Waals surface area contributed by atoms with E-state index in [0.29, 0.717) is 19.3 Å². The smallest absolute Gasteiger partial charge is 0.245 e. The fourth-order valence-electron chi connectivity index (χ4n) is 1.99. The average Bonchev–Trinajstić information content (AvgIpc) is 2.44. The molecule has 4 nitrogen and oxygen atoms in total. The lowest BCUT2D eigenvalue weighted by atomic mass is 10.1. The van der Waals surface area contributed by atoms with Crippen LogP contribution in [-0.4, -0.2) is 36.9 Å². The molecule has 0 heterocycles. The molecule has 0 saturated carbocycles. The molecule has 0 aliphatic carbocycles. The maximum atomic E-state index is 10.8. The molecule has 0 aromatic rings. The van der Waals surface area contributed by atoms with Crippen molar-refractivity contribution >= 4 is 5.91 Å². The van der Waals surface area contributed by atoms with Crippen molar-refractivity contribution in [1.82, 2.24) is 5.32 Å². The molecule has 0 aromatic carbocycles. The van der Waals surface area contributed by atoms with Gasteiger partial charge in [0.1, 0.15) is 6.61 Å². The summed E-state index contributed by atoms with van der Waals surface area (Å²) in [6.07, 6.45) is 9.86. The molecule has 114 valence electrons. The topological polar surface area (TPSA) is 58.6 Å². The van der Waals surface area contributed by atoms with Crippen molar-refractivity contribution in [3.63, 3.8) is 0 Å². The summed E-state index contributed by atoms with van der Waals surface area (Å²) in [5.41, 5.74) is 0. The highest BCUT2D eigenvalue weighted by molar-refractivity contribution is 5.76. The average molecular weight is 273 g/mol. The third-order valence-corrected chi connectivity index (χ3v) is 3.23. The number of carbonyl (C=O) groups is 1. The first-order chi connectivity index (χ1) is 9.24. The first kappa shape index (κ1) is 18.4. The highest BCUT2D eigenvalue weighted by Crippen LogP contribution is 2.12. The molecule has 4 heteroatoms. The minimum atomic E-state index is -0.434. The second-order valence-electron chi connectivity index (χ2n) is 4.97. The van der Waals surface area contributed by atoms with Gasteiger partial charge in [0.15, 0.2) is 0 Å². The van der Waals surface area contributed by atoms with Crippen LogP contribution in [0, 0.1) is 0 Å². The maximum absolute atomic E-state index is 10.8. The molecule has 1 unspecified atom stereocenters. The van der Waals surface area contributed by atoms with Crippen LogP contribution in [0.1, 0.15) is 65.2 Å². The van der Waals surface area contributed by atoms with Crippen molar-refractivity contribution in [2.24, 2.45) is 0 Å². The molecule has 0 spiro atoms. The lowest BCUT2D eigenvalue weighted by Gasteiger charge is -2.16. The predicted octanol–water partition coefficient (Wildman–Crippen LogP) is 2.64. The summed E-state index contributed by atoms with van der Waals surface area (Å²) in [5, 5.41) is 11.2. The molecule has 0 radical (unpaired) electrons. The van der Waals surface area contributed by atoms with Gasteiger partial charge >= 0.3 is 0 Å². The minimum absolute atomic E-state index is 0.317. The van der Waals surface area contributed by atoms with Gasteiger partial charge in [0.2, 0.25) is 5.91 Å². The minimum Gasteiger partial charge on any atom is -0.387 e. The molecule has 19 heavy (non-hydrogen) atoms. The number of carbonyl (C=O) groups excluding carboxylic acids is 1. The fourth-order valence-corrected chi connectivity index (χ4v) is 1.99. The molecule has 0 aliphatic rings. The van der Waals surface area contributed by atoms with Gasteiger partial charge in [-0.05, 0) is 19.3 Å². The van der Waals surface area contributed by atoms with Crippen molar-refractivity contribution in [3.8, 4) is 0 Å². The Hall–Kier alpha value is -0.610. The quantitative estimate of drug-likeness (QED) is 0.507. The summed E-state index contributed by atoms with van der Waals surface area (Å²) >= 11 is 0. The van der Waals surface area contributed by atoms with Crippen LogP contribution in [-0.2, 0) is 9.53 Å². The number of rotatable bonds is 13. The van der Waals surface area contributed by atoms with Gasteiger partial charge in [0.25, 0.3) is 0 Å². The first-order valence-electron chi connectivity index (χ1n) is 7.73. The summed E-state index contributed by atoms with van der Waals surface area (Å²) in [7, 11) is 0. The van der Waals surface area contributed by atoms with Gasteiger partial charge in [-0.25, -0.2) is 0 Å². The van der Waals surface area contributed by atoms with Gasteiger partial charge in [0, 0.05) is 13.2 Å². The lowest BCUT2D eigenvalue weighted by Crippen LogP contribution is -2.28. The number of unbranched alkanes of at least 4 members (excludes halogenated alkanes) is 4. The highest BCUT2D eigenvalue weighted by Gasteiger charge is 2.06. The molecule has 1 amide bonds. The van der Waals surface area contributed by atoms with Crippen LogP contribution in [0.2, 0.25) is 0 Å². The van der Waals surface area contributed by atoms with Crippen molar-refractivity contribution in [2.75, 3.05) is 19.8 Å². The van der Waals surface area contributed by atoms with Gasteiger partial charge in [-0.2, -0.15) is 0 Å². The van der Waals surface area contributed by atoms with E-state index in [1.807, 2.05) is 0 Å². The van der Waals surface area contributed by atoms with E-state index in [1.54, 1.807) is 0 Å². The predicted molar refractivity (Wildman–Crippen MR) is 78.1 cm³/mol. The van der Waals surface area contributed by atoms with Gasteiger partial charge in [-0.1, -0.05) is 46.0 Å². The van der Waals surface area contributed by atoms with E-state index in [1.165, 1.54) is 32.1 Å². The Morgan fingerprint density at radius 3 is 2.53 bits per heavy atom. The summed E-state index contributed by atoms with van der Waals surface area (Å²) in [5.74, 6) is -0.317. The number of aliphatic hydroxyl groups is 1. The molecule has 0 aromatic heterocycles. The first-order valence-corrected chi connectivity index (χ1v) is 7.73. The SMILES string of the molecule is CCCCCCCC(CC)OCCCNC(=O)CO. The third-order valence-electron chi connectivity index (χ3n) is 3.23. The van der Waals surface area contributed by atoms with Gasteiger partial charge in [0.05, 0.1) is 6.10 Å². The van der Waals surface area contributed by atoms with E-state index in [2.05, 4.69) is 19.2 Å². The van der Waals surface area contributed by atoms with Crippen LogP contribution < -0.4 is 5.32 Å². The number of amides is 1. The zero-order valence-electron chi connectivity index (χ0n) is 12.6. The highest BCUT2D eigenvalue weighted by atomic mass is 16.5. The van der Waals surface area contributed by atoms with Crippen molar-refractivity contribution in [2.45, 2.75) is 71.3 Å². The molecule has 0 saturated heterocycles. The zero-order valence-corrected chi connectivity index (χ0v) is 12.6. The van der Waals surface area contributed by atoms with E-state index in [0.717, 1.165) is 19.3 Å². The Kier molecular flexibility index (Phi) is 13.4. The Labute approximate surface area is 117 Å². The molecule has 0 rings (SSSR count). The zero-order chi connectivity index (χ0) is 14.3. The van der Waals surface area contributed by atoms with E-state index < -0.39 is 6.61 Å². The second-order valence-corrected chi connectivity index (χ2v) is 4.97. The van der Waals surface area contributed by atoms with Crippen LogP contribution in [0.5, 0.6) is 0 Å². The van der Waals surface area contributed by atoms with Gasteiger partial charge in [-0.15, -0.1) is 0 Å². The standard InChI is InChI=1S/C15H31NO3/c1-3-5-6-7-8-10-14(4-2)19-12-9-11-16-15(18)13-17/h14,17H,3-13H2,1-2H3,(H,16,18). The van der Waals surface area contributed by atoms with Gasteiger partial charge in [-0.3, -0.25) is 4.79 Å². The number of hydrogen-bond donors (Lipinski definition) is 2. The Balaban J connectivity index is 3.41. The largest absolute Gasteiger partial charge is 0.387 e. The summed E-state index contributed by atoms with van der Waals surface area (Å²) in [4.78, 5) is 10.8. The van der Waals surface area contributed by atoms with Crippen molar-refractivity contribution < 1.29 is 14.6 Å². The molecule has 0 fully saturated rings. The normalized spacial score (nSPS) is 12.4. The van der Waals surface area contributed by atoms with Crippen LogP contribution >= 0.6 is 0 Å². The third kappa shape index (κ3) is 12.2. The van der Waals surface area contributed by atoms with Crippen LogP contribution in [0.25, 0.3) is 0 Å². The summed E-state index contributed by atoms with van der Waals surface area (Å²) < 4.78 is 5.80. The number of ether oxygens (including phenoxy) is 1. The van der Waals surface area contributed by atoms with E-state index in [4.69, 9.17) is 9.84 Å². The van der Waals surface area contributed by atoms with Crippen LogP contribution in [0.4, 0.5) is 0 Å². The second kappa shape index (κ2) is 13.8. The van der Waals surface area contributed by atoms with Gasteiger partial charge < -0.3 is 15.2 Å². The van der Waals surface area contributed by atoms with Crippen molar-refractivity contribution in [1.29, 1.82) is 0 Å². The fraction of sp³-hybridized carbons (Fsp3) is 0.933. The van der Waals surface area contributed by atoms with E-state index in [-0.39, 0.29) is 5.91 Å². The number of hydrogen-bond acceptors (Lipinski definition) is 3. The molecule has 0 bridgehead atoms. The lowest BCUT2D eigenvalue weighted by molar-refractivity contribution is -0.123. The summed E-state index contributed by atoms with van der Waals surface area (Å²) in [6, 6.07) is 0. The Morgan fingerprint density at radius 1 is 1.16 bits per heavy atom. The molecule has 1 atom stereocenters. The molecular formula is C15H31NO3. The van der Waals surface area contributed by atoms with Crippen molar-refractivity contribution in [3.05, 3.63) is 0 Å². The Bertz CT molecular complexity index is 210. The molecular weight excluding hydrogens is 242 g/mol. The van der Waals surface area contributed by atoms with E-state index in [9.17, 15) is 4.79 Å². The summed E-state index contributed by atoms with van der Waals surface area (Å²) in [6.45, 7) is 5.21. The van der Waals surface area contributed by atoms with Crippen LogP contribution in [0.15, 0.2) is 0 Å². The molecule has 2 N–H and O–H groups in total. The number of aliphatic hydroxyl groups excluding tert-OH is 1. The van der Waals surface area contributed by atoms with E-state index >= 15 is 0 Å². The Morgan fingerprint density at radius 2 is 1.89 bits per heavy atom. The number of nitrogens with one attached hydrogen (secondary N) is 1. The monoisotopic (exact) mass is 273 g/mol. The maximum Gasteiger partial charge on any atom is 0.245 e. The molecule has 0 aliphatic heterocycles.